The topological polar surface area (TPSA) is 82.4 Å². The molecule has 5 nitrogen and oxygen atoms in total. The molecule has 2 N–H and O–H groups in total. The van der Waals surface area contributed by atoms with E-state index in [9.17, 15) is 15.2 Å². The van der Waals surface area contributed by atoms with E-state index >= 15 is 0 Å². The molecule has 1 unspecified atom stereocenters. The Balaban J connectivity index is 1.71. The van der Waals surface area contributed by atoms with E-state index in [0.717, 1.165) is 18.4 Å². The standard InChI is InChI=1S/C24H28N2O3/c1-2-29-24(28)23-19(14-13-17-9-5-3-6-10-17)22(23)20(15-25)26-21(16-27)18-11-7-4-8-12-18/h3-12,19-23,26-27H,2,13-14,16H2,1H3/t19-,20-,21?,22+,23+/m1/s1. The van der Waals surface area contributed by atoms with Crippen LogP contribution in [0.15, 0.2) is 60.7 Å². The minimum absolute atomic E-state index is 0.0986. The van der Waals surface area contributed by atoms with Gasteiger partial charge in [0.15, 0.2) is 0 Å². The maximum absolute atomic E-state index is 12.5. The third-order valence-corrected chi connectivity index (χ3v) is 5.69. The lowest BCUT2D eigenvalue weighted by atomic mass is 10.0. The van der Waals surface area contributed by atoms with E-state index in [2.05, 4.69) is 23.5 Å². The van der Waals surface area contributed by atoms with E-state index in [1.165, 1.54) is 5.56 Å². The SMILES string of the molecule is CCOC(=O)[C@H]1[C@H](CCc2ccccc2)[C@H]1[C@@H](C#N)NC(CO)c1ccccc1. The molecule has 0 radical (unpaired) electrons. The number of nitriles is 1. The molecular weight excluding hydrogens is 364 g/mol. The minimum atomic E-state index is -0.525. The summed E-state index contributed by atoms with van der Waals surface area (Å²) in [6.45, 7) is 2.01. The van der Waals surface area contributed by atoms with Crippen LogP contribution in [0.4, 0.5) is 0 Å². The summed E-state index contributed by atoms with van der Waals surface area (Å²) >= 11 is 0. The molecule has 0 amide bonds. The van der Waals surface area contributed by atoms with E-state index in [0.29, 0.717) is 6.61 Å². The van der Waals surface area contributed by atoms with Gasteiger partial charge < -0.3 is 9.84 Å². The van der Waals surface area contributed by atoms with Gasteiger partial charge in [0.25, 0.3) is 0 Å². The molecule has 3 rings (SSSR count). The van der Waals surface area contributed by atoms with Crippen molar-refractivity contribution in [1.82, 2.24) is 5.32 Å². The average molecular weight is 392 g/mol. The number of hydrogen-bond donors (Lipinski definition) is 2. The molecule has 5 atom stereocenters. The number of aliphatic hydroxyl groups is 1. The average Bonchev–Trinajstić information content (AvgIpc) is 3.49. The number of carbonyl (C=O) groups is 1. The van der Waals surface area contributed by atoms with Gasteiger partial charge in [-0.2, -0.15) is 5.26 Å². The first-order chi connectivity index (χ1) is 14.2. The number of nitrogens with one attached hydrogen (secondary N) is 1. The first-order valence-corrected chi connectivity index (χ1v) is 10.2. The number of rotatable bonds is 10. The fourth-order valence-electron chi connectivity index (χ4n) is 4.17. The highest BCUT2D eigenvalue weighted by molar-refractivity contribution is 5.77. The largest absolute Gasteiger partial charge is 0.466 e. The Labute approximate surface area is 172 Å². The highest BCUT2D eigenvalue weighted by atomic mass is 16.5. The van der Waals surface area contributed by atoms with E-state index in [-0.39, 0.29) is 36.4 Å². The fraction of sp³-hybridized carbons (Fsp3) is 0.417. The molecule has 5 heteroatoms. The van der Waals surface area contributed by atoms with Crippen LogP contribution in [0, 0.1) is 29.1 Å². The van der Waals surface area contributed by atoms with Crippen molar-refractivity contribution in [2.75, 3.05) is 13.2 Å². The Morgan fingerprint density at radius 2 is 1.83 bits per heavy atom. The molecule has 0 bridgehead atoms. The van der Waals surface area contributed by atoms with Crippen molar-refractivity contribution in [3.8, 4) is 6.07 Å². The van der Waals surface area contributed by atoms with Crippen LogP contribution < -0.4 is 5.32 Å². The lowest BCUT2D eigenvalue weighted by Gasteiger charge is -2.21. The summed E-state index contributed by atoms with van der Waals surface area (Å²) < 4.78 is 5.26. The molecule has 29 heavy (non-hydrogen) atoms. The third-order valence-electron chi connectivity index (χ3n) is 5.69. The van der Waals surface area contributed by atoms with Crippen molar-refractivity contribution in [2.45, 2.75) is 31.8 Å². The first kappa shape index (κ1) is 21.0. The third kappa shape index (κ3) is 5.23. The summed E-state index contributed by atoms with van der Waals surface area (Å²) in [6.07, 6.45) is 1.69. The molecule has 2 aromatic carbocycles. The van der Waals surface area contributed by atoms with Gasteiger partial charge >= 0.3 is 5.97 Å². The molecule has 0 saturated heterocycles. The van der Waals surface area contributed by atoms with Crippen LogP contribution >= 0.6 is 0 Å². The van der Waals surface area contributed by atoms with Gasteiger partial charge in [-0.1, -0.05) is 60.7 Å². The van der Waals surface area contributed by atoms with Crippen LogP contribution in [0.1, 0.15) is 30.5 Å². The Morgan fingerprint density at radius 1 is 1.17 bits per heavy atom. The Bertz CT molecular complexity index is 819. The van der Waals surface area contributed by atoms with Crippen LogP contribution in [-0.4, -0.2) is 30.3 Å². The van der Waals surface area contributed by atoms with Crippen LogP contribution in [-0.2, 0) is 16.0 Å². The highest BCUT2D eigenvalue weighted by Crippen LogP contribution is 2.52. The quantitative estimate of drug-likeness (QED) is 0.607. The fourth-order valence-corrected chi connectivity index (χ4v) is 4.17. The van der Waals surface area contributed by atoms with E-state index in [1.807, 2.05) is 48.5 Å². The van der Waals surface area contributed by atoms with Crippen LogP contribution in [0.25, 0.3) is 0 Å². The van der Waals surface area contributed by atoms with Gasteiger partial charge in [-0.25, -0.2) is 0 Å². The van der Waals surface area contributed by atoms with Gasteiger partial charge in [0.1, 0.15) is 0 Å². The summed E-state index contributed by atoms with van der Waals surface area (Å²) in [5.41, 5.74) is 2.14. The van der Waals surface area contributed by atoms with Crippen molar-refractivity contribution in [3.05, 3.63) is 71.8 Å². The van der Waals surface area contributed by atoms with Gasteiger partial charge in [-0.05, 0) is 36.8 Å². The van der Waals surface area contributed by atoms with E-state index in [4.69, 9.17) is 4.74 Å². The van der Waals surface area contributed by atoms with Gasteiger partial charge in [0.05, 0.1) is 37.3 Å². The summed E-state index contributed by atoms with van der Waals surface area (Å²) in [6, 6.07) is 21.2. The maximum Gasteiger partial charge on any atom is 0.309 e. The second kappa shape index (κ2) is 10.2. The number of benzene rings is 2. The minimum Gasteiger partial charge on any atom is -0.466 e. The van der Waals surface area contributed by atoms with Crippen molar-refractivity contribution in [2.24, 2.45) is 17.8 Å². The Kier molecular flexibility index (Phi) is 7.40. The Morgan fingerprint density at radius 3 is 2.41 bits per heavy atom. The number of ether oxygens (including phenoxy) is 1. The second-order valence-electron chi connectivity index (χ2n) is 7.46. The maximum atomic E-state index is 12.5. The zero-order chi connectivity index (χ0) is 20.6. The van der Waals surface area contributed by atoms with Gasteiger partial charge in [0, 0.05) is 5.92 Å². The number of hydrogen-bond acceptors (Lipinski definition) is 5. The lowest BCUT2D eigenvalue weighted by Crippen LogP contribution is -2.36. The molecule has 0 heterocycles. The highest BCUT2D eigenvalue weighted by Gasteiger charge is 2.58. The molecular formula is C24H28N2O3. The molecule has 0 aliphatic heterocycles. The number of aryl methyl sites for hydroxylation is 1. The summed E-state index contributed by atoms with van der Waals surface area (Å²) in [4.78, 5) is 12.5. The number of carbonyl (C=O) groups excluding carboxylic acids is 1. The van der Waals surface area contributed by atoms with Crippen molar-refractivity contribution in [1.29, 1.82) is 5.26 Å². The summed E-state index contributed by atoms with van der Waals surface area (Å²) in [5, 5.41) is 22.9. The van der Waals surface area contributed by atoms with Gasteiger partial charge in [0.2, 0.25) is 0 Å². The summed E-state index contributed by atoms with van der Waals surface area (Å²) in [7, 11) is 0. The number of nitrogens with zero attached hydrogens (tertiary/aromatic N) is 1. The zero-order valence-electron chi connectivity index (χ0n) is 16.7. The molecule has 1 aliphatic carbocycles. The van der Waals surface area contributed by atoms with Crippen LogP contribution in [0.5, 0.6) is 0 Å². The number of aliphatic hydroxyl groups excluding tert-OH is 1. The molecule has 152 valence electrons. The van der Waals surface area contributed by atoms with E-state index < -0.39 is 6.04 Å². The zero-order valence-corrected chi connectivity index (χ0v) is 16.7. The second-order valence-corrected chi connectivity index (χ2v) is 7.46. The molecule has 1 fully saturated rings. The van der Waals surface area contributed by atoms with E-state index in [1.54, 1.807) is 6.92 Å². The lowest BCUT2D eigenvalue weighted by molar-refractivity contribution is -0.145. The normalized spacial score (nSPS) is 22.3. The molecule has 0 spiro atoms. The monoisotopic (exact) mass is 392 g/mol. The molecule has 1 saturated carbocycles. The number of esters is 1. The van der Waals surface area contributed by atoms with Crippen molar-refractivity contribution in [3.63, 3.8) is 0 Å². The van der Waals surface area contributed by atoms with Crippen LogP contribution in [0.3, 0.4) is 0 Å². The predicted molar refractivity (Wildman–Crippen MR) is 111 cm³/mol. The van der Waals surface area contributed by atoms with Gasteiger partial charge in [-0.3, -0.25) is 10.1 Å². The molecule has 0 aromatic heterocycles. The van der Waals surface area contributed by atoms with Crippen molar-refractivity contribution >= 4 is 5.97 Å². The molecule has 2 aromatic rings. The summed E-state index contributed by atoms with van der Waals surface area (Å²) in [5.74, 6) is -0.508. The first-order valence-electron chi connectivity index (χ1n) is 10.2. The molecule has 1 aliphatic rings. The van der Waals surface area contributed by atoms with Crippen LogP contribution in [0.2, 0.25) is 0 Å². The van der Waals surface area contributed by atoms with Gasteiger partial charge in [-0.15, -0.1) is 0 Å². The predicted octanol–water partition coefficient (Wildman–Crippen LogP) is 3.26. The smallest absolute Gasteiger partial charge is 0.309 e. The Hall–Kier alpha value is -2.68. The van der Waals surface area contributed by atoms with Crippen molar-refractivity contribution < 1.29 is 14.6 Å².